The van der Waals surface area contributed by atoms with Gasteiger partial charge in [-0.05, 0) is 49.4 Å². The first kappa shape index (κ1) is 21.8. The summed E-state index contributed by atoms with van der Waals surface area (Å²) >= 11 is 0. The number of rotatable bonds is 11. The van der Waals surface area contributed by atoms with Crippen molar-refractivity contribution in [3.8, 4) is 0 Å². The van der Waals surface area contributed by atoms with Gasteiger partial charge in [-0.1, -0.05) is 79.1 Å². The molecule has 1 aliphatic carbocycles. The molecule has 0 radical (unpaired) electrons. The Morgan fingerprint density at radius 3 is 2.15 bits per heavy atom. The molecule has 0 aromatic heterocycles. The van der Waals surface area contributed by atoms with Crippen LogP contribution >= 0.6 is 0 Å². The number of carbonyl (C=O) groups is 1. The summed E-state index contributed by atoms with van der Waals surface area (Å²) in [5, 5.41) is 0. The SMILES string of the molecule is CCCCCCC(CCCC)CC1CC2(CCN(C(=O)C(C)C)CC2)C1. The van der Waals surface area contributed by atoms with Crippen molar-refractivity contribution in [2.45, 2.75) is 111 Å². The normalized spacial score (nSPS) is 21.2. The van der Waals surface area contributed by atoms with Crippen LogP contribution in [0.25, 0.3) is 0 Å². The van der Waals surface area contributed by atoms with Gasteiger partial charge in [0.2, 0.25) is 5.91 Å². The summed E-state index contributed by atoms with van der Waals surface area (Å²) in [7, 11) is 0. The van der Waals surface area contributed by atoms with E-state index in [-0.39, 0.29) is 5.92 Å². The molecule has 1 unspecified atom stereocenters. The lowest BCUT2D eigenvalue weighted by molar-refractivity contribution is -0.138. The predicted octanol–water partition coefficient (Wildman–Crippen LogP) is 6.83. The lowest BCUT2D eigenvalue weighted by Gasteiger charge is -2.53. The zero-order chi connectivity index (χ0) is 19.0. The van der Waals surface area contributed by atoms with E-state index in [1.54, 1.807) is 0 Å². The van der Waals surface area contributed by atoms with Gasteiger partial charge in [0.1, 0.15) is 0 Å². The van der Waals surface area contributed by atoms with Crippen LogP contribution in [0.3, 0.4) is 0 Å². The van der Waals surface area contributed by atoms with Gasteiger partial charge >= 0.3 is 0 Å². The number of unbranched alkanes of at least 4 members (excludes halogenated alkanes) is 4. The minimum absolute atomic E-state index is 0.158. The van der Waals surface area contributed by atoms with Crippen LogP contribution < -0.4 is 0 Å². The summed E-state index contributed by atoms with van der Waals surface area (Å²) in [5.74, 6) is 2.49. The molecule has 1 saturated carbocycles. The van der Waals surface area contributed by atoms with E-state index < -0.39 is 0 Å². The van der Waals surface area contributed by atoms with Crippen LogP contribution in [0.5, 0.6) is 0 Å². The smallest absolute Gasteiger partial charge is 0.225 e. The van der Waals surface area contributed by atoms with E-state index >= 15 is 0 Å². The molecule has 2 fully saturated rings. The maximum absolute atomic E-state index is 12.2. The average molecular weight is 364 g/mol. The zero-order valence-corrected chi connectivity index (χ0v) is 18.2. The number of carbonyl (C=O) groups excluding carboxylic acids is 1. The number of piperidine rings is 1. The van der Waals surface area contributed by atoms with Gasteiger partial charge < -0.3 is 4.90 Å². The number of hydrogen-bond acceptors (Lipinski definition) is 1. The van der Waals surface area contributed by atoms with E-state index in [9.17, 15) is 4.79 Å². The fourth-order valence-electron chi connectivity index (χ4n) is 5.51. The molecule has 1 spiro atoms. The molecule has 1 heterocycles. The molecular formula is C24H45NO. The predicted molar refractivity (Wildman–Crippen MR) is 112 cm³/mol. The van der Waals surface area contributed by atoms with Crippen LogP contribution in [0.4, 0.5) is 0 Å². The Kier molecular flexibility index (Phi) is 8.97. The molecule has 0 aromatic rings. The molecule has 1 atom stereocenters. The molecule has 2 heteroatoms. The first-order chi connectivity index (χ1) is 12.5. The molecule has 2 aliphatic rings. The zero-order valence-electron chi connectivity index (χ0n) is 18.2. The van der Waals surface area contributed by atoms with Crippen LogP contribution in [-0.2, 0) is 4.79 Å². The minimum Gasteiger partial charge on any atom is -0.342 e. The van der Waals surface area contributed by atoms with Gasteiger partial charge in [0.25, 0.3) is 0 Å². The summed E-state index contributed by atoms with van der Waals surface area (Å²) in [6.07, 6.45) is 18.3. The fourth-order valence-corrected chi connectivity index (χ4v) is 5.51. The lowest BCUT2D eigenvalue weighted by Crippen LogP contribution is -2.49. The third kappa shape index (κ3) is 6.27. The second-order valence-electron chi connectivity index (χ2n) is 9.85. The molecule has 152 valence electrons. The highest BCUT2D eigenvalue weighted by Gasteiger charge is 2.46. The van der Waals surface area contributed by atoms with Crippen LogP contribution in [0.15, 0.2) is 0 Å². The Morgan fingerprint density at radius 1 is 0.962 bits per heavy atom. The van der Waals surface area contributed by atoms with Crippen molar-refractivity contribution >= 4 is 5.91 Å². The topological polar surface area (TPSA) is 20.3 Å². The molecule has 0 aromatic carbocycles. The van der Waals surface area contributed by atoms with Crippen molar-refractivity contribution < 1.29 is 4.79 Å². The third-order valence-electron chi connectivity index (χ3n) is 7.17. The average Bonchev–Trinajstić information content (AvgIpc) is 2.61. The molecule has 2 rings (SSSR count). The van der Waals surface area contributed by atoms with Crippen LogP contribution in [-0.4, -0.2) is 23.9 Å². The maximum Gasteiger partial charge on any atom is 0.225 e. The van der Waals surface area contributed by atoms with Crippen molar-refractivity contribution in [2.24, 2.45) is 23.2 Å². The van der Waals surface area contributed by atoms with E-state index in [1.165, 1.54) is 83.5 Å². The second-order valence-corrected chi connectivity index (χ2v) is 9.85. The Labute approximate surface area is 163 Å². The summed E-state index contributed by atoms with van der Waals surface area (Å²) in [4.78, 5) is 14.3. The molecule has 1 aliphatic heterocycles. The number of nitrogens with zero attached hydrogens (tertiary/aromatic N) is 1. The van der Waals surface area contributed by atoms with Gasteiger partial charge in [0, 0.05) is 19.0 Å². The highest BCUT2D eigenvalue weighted by molar-refractivity contribution is 5.78. The molecule has 2 nitrogen and oxygen atoms in total. The number of likely N-dealkylation sites (tertiary alicyclic amines) is 1. The third-order valence-corrected chi connectivity index (χ3v) is 7.17. The van der Waals surface area contributed by atoms with Crippen molar-refractivity contribution in [3.05, 3.63) is 0 Å². The van der Waals surface area contributed by atoms with Crippen molar-refractivity contribution in [2.75, 3.05) is 13.1 Å². The quantitative estimate of drug-likeness (QED) is 0.368. The van der Waals surface area contributed by atoms with Gasteiger partial charge in [0.15, 0.2) is 0 Å². The number of hydrogen-bond donors (Lipinski definition) is 0. The molecule has 0 bridgehead atoms. The van der Waals surface area contributed by atoms with Gasteiger partial charge in [-0.15, -0.1) is 0 Å². The molecule has 1 saturated heterocycles. The second kappa shape index (κ2) is 10.7. The fraction of sp³-hybridized carbons (Fsp3) is 0.958. The van der Waals surface area contributed by atoms with Crippen LogP contribution in [0, 0.1) is 23.2 Å². The van der Waals surface area contributed by atoms with Gasteiger partial charge in [0.05, 0.1) is 0 Å². The molecule has 1 amide bonds. The highest BCUT2D eigenvalue weighted by atomic mass is 16.2. The highest BCUT2D eigenvalue weighted by Crippen LogP contribution is 2.55. The lowest BCUT2D eigenvalue weighted by atomic mass is 9.55. The summed E-state index contributed by atoms with van der Waals surface area (Å²) in [6, 6.07) is 0. The number of amides is 1. The Bertz CT molecular complexity index is 400. The van der Waals surface area contributed by atoms with E-state index in [0.717, 1.165) is 24.9 Å². The molecule has 0 N–H and O–H groups in total. The van der Waals surface area contributed by atoms with Crippen molar-refractivity contribution in [3.63, 3.8) is 0 Å². The van der Waals surface area contributed by atoms with Gasteiger partial charge in [-0.2, -0.15) is 0 Å². The Morgan fingerprint density at radius 2 is 1.58 bits per heavy atom. The monoisotopic (exact) mass is 363 g/mol. The van der Waals surface area contributed by atoms with E-state index in [0.29, 0.717) is 11.3 Å². The van der Waals surface area contributed by atoms with Crippen LogP contribution in [0.1, 0.15) is 111 Å². The van der Waals surface area contributed by atoms with Gasteiger partial charge in [-0.25, -0.2) is 0 Å². The first-order valence-electron chi connectivity index (χ1n) is 11.8. The summed E-state index contributed by atoms with van der Waals surface area (Å²) < 4.78 is 0. The van der Waals surface area contributed by atoms with Crippen molar-refractivity contribution in [1.29, 1.82) is 0 Å². The first-order valence-corrected chi connectivity index (χ1v) is 11.8. The summed E-state index contributed by atoms with van der Waals surface area (Å²) in [5.41, 5.74) is 0.607. The minimum atomic E-state index is 0.158. The van der Waals surface area contributed by atoms with Crippen molar-refractivity contribution in [1.82, 2.24) is 4.90 Å². The maximum atomic E-state index is 12.2. The Balaban J connectivity index is 1.70. The Hall–Kier alpha value is -0.530. The summed E-state index contributed by atoms with van der Waals surface area (Å²) in [6.45, 7) is 10.7. The van der Waals surface area contributed by atoms with E-state index in [1.807, 2.05) is 13.8 Å². The standard InChI is InChI=1S/C24H45NO/c1-5-7-9-10-12-21(11-8-6-2)17-22-18-24(19-22)13-15-25(16-14-24)23(26)20(3)4/h20-22H,5-19H2,1-4H3. The molecule has 26 heavy (non-hydrogen) atoms. The van der Waals surface area contributed by atoms with E-state index in [4.69, 9.17) is 0 Å². The largest absolute Gasteiger partial charge is 0.342 e. The molecular weight excluding hydrogens is 318 g/mol. The van der Waals surface area contributed by atoms with Crippen LogP contribution in [0.2, 0.25) is 0 Å². The van der Waals surface area contributed by atoms with E-state index in [2.05, 4.69) is 18.7 Å². The van der Waals surface area contributed by atoms with Gasteiger partial charge in [-0.3, -0.25) is 4.79 Å².